The molecule has 62 heavy (non-hydrogen) atoms. The van der Waals surface area contributed by atoms with Gasteiger partial charge in [-0.3, -0.25) is 14.5 Å². The van der Waals surface area contributed by atoms with Crippen LogP contribution in [0.2, 0.25) is 0 Å². The van der Waals surface area contributed by atoms with Gasteiger partial charge < -0.3 is 4.57 Å². The van der Waals surface area contributed by atoms with Crippen LogP contribution < -0.4 is 0 Å². The Morgan fingerprint density at radius 3 is 1.26 bits per heavy atom. The quantitative estimate of drug-likeness (QED) is 0.162. The predicted molar refractivity (Wildman–Crippen MR) is 253 cm³/mol. The zero-order valence-electron chi connectivity index (χ0n) is 33.2. The lowest BCUT2D eigenvalue weighted by atomic mass is 9.94. The highest BCUT2D eigenvalue weighted by Gasteiger charge is 2.20. The molecule has 0 aliphatic heterocycles. The van der Waals surface area contributed by atoms with Crippen molar-refractivity contribution in [2.45, 2.75) is 0 Å². The summed E-state index contributed by atoms with van der Waals surface area (Å²) in [6.45, 7) is 0. The number of aromatic nitrogens is 7. The number of hydrogen-bond donors (Lipinski definition) is 0. The van der Waals surface area contributed by atoms with Gasteiger partial charge in [-0.25, -0.2) is 4.98 Å². The number of rotatable bonds is 5. The van der Waals surface area contributed by atoms with E-state index >= 15 is 0 Å². The van der Waals surface area contributed by atoms with Gasteiger partial charge in [0, 0.05) is 39.6 Å². The van der Waals surface area contributed by atoms with Crippen molar-refractivity contribution in [2.24, 2.45) is 0 Å². The Morgan fingerprint density at radius 1 is 0.290 bits per heavy atom. The third-order valence-corrected chi connectivity index (χ3v) is 12.3. The summed E-state index contributed by atoms with van der Waals surface area (Å²) in [5.41, 5.74) is 9.07. The maximum atomic E-state index is 5.04. The fraction of sp³-hybridized carbons (Fsp3) is 0. The monoisotopic (exact) mass is 791 g/mol. The van der Waals surface area contributed by atoms with E-state index in [0.29, 0.717) is 29.0 Å². The van der Waals surface area contributed by atoms with E-state index in [4.69, 9.17) is 15.0 Å². The van der Waals surface area contributed by atoms with Gasteiger partial charge in [0.05, 0.1) is 22.1 Å². The topological polar surface area (TPSA) is 74.3 Å². The van der Waals surface area contributed by atoms with Crippen molar-refractivity contribution < 1.29 is 0 Å². The number of para-hydroxylation sites is 2. The summed E-state index contributed by atoms with van der Waals surface area (Å²) in [5, 5.41) is 12.3. The second-order valence-corrected chi connectivity index (χ2v) is 15.7. The average Bonchev–Trinajstić information content (AvgIpc) is 3.86. The smallest absolute Gasteiger partial charge is 0.238 e. The molecule has 0 aliphatic rings. The number of nitrogens with zero attached hydrogens (tertiary/aromatic N) is 7. The van der Waals surface area contributed by atoms with Crippen LogP contribution in [0.15, 0.2) is 200 Å². The highest BCUT2D eigenvalue weighted by atomic mass is 15.2. The van der Waals surface area contributed by atoms with E-state index < -0.39 is 0 Å². The van der Waals surface area contributed by atoms with Crippen LogP contribution in [0.4, 0.5) is 0 Å². The van der Waals surface area contributed by atoms with E-state index in [9.17, 15) is 0 Å². The second-order valence-electron chi connectivity index (χ2n) is 15.7. The molecule has 288 valence electrons. The number of hydrogen-bond acceptors (Lipinski definition) is 5. The first-order chi connectivity index (χ1) is 30.7. The van der Waals surface area contributed by atoms with E-state index in [1.165, 1.54) is 54.1 Å². The van der Waals surface area contributed by atoms with Gasteiger partial charge in [0.15, 0.2) is 11.6 Å². The second kappa shape index (κ2) is 13.5. The van der Waals surface area contributed by atoms with E-state index in [0.717, 1.165) is 38.6 Å². The van der Waals surface area contributed by atoms with E-state index in [1.54, 1.807) is 12.4 Å². The molecule has 0 atom stereocenters. The van der Waals surface area contributed by atoms with Crippen molar-refractivity contribution in [1.82, 2.24) is 34.1 Å². The Balaban J connectivity index is 0.979. The van der Waals surface area contributed by atoms with Gasteiger partial charge in [0.2, 0.25) is 5.95 Å². The number of benzene rings is 8. The molecule has 7 nitrogen and oxygen atoms in total. The van der Waals surface area contributed by atoms with Gasteiger partial charge in [-0.1, -0.05) is 115 Å². The Hall–Kier alpha value is -8.55. The van der Waals surface area contributed by atoms with Crippen LogP contribution in [0.1, 0.15) is 0 Å². The van der Waals surface area contributed by atoms with E-state index in [-0.39, 0.29) is 0 Å². The van der Waals surface area contributed by atoms with Gasteiger partial charge in [-0.15, -0.1) is 0 Å². The normalized spacial score (nSPS) is 11.9. The van der Waals surface area contributed by atoms with E-state index in [2.05, 4.69) is 171 Å². The molecule has 13 rings (SSSR count). The molecule has 0 aliphatic carbocycles. The van der Waals surface area contributed by atoms with Crippen LogP contribution in [-0.4, -0.2) is 34.1 Å². The Bertz CT molecular complexity index is 3830. The molecule has 0 spiro atoms. The average molecular weight is 792 g/mol. The first kappa shape index (κ1) is 34.3. The van der Waals surface area contributed by atoms with Crippen LogP contribution in [0.3, 0.4) is 0 Å². The summed E-state index contributed by atoms with van der Waals surface area (Å²) in [4.78, 5) is 24.1. The zero-order valence-corrected chi connectivity index (χ0v) is 33.2. The fourth-order valence-electron chi connectivity index (χ4n) is 9.52. The van der Waals surface area contributed by atoms with Crippen LogP contribution in [0, 0.1) is 0 Å². The minimum atomic E-state index is 0.483. The molecule has 0 unspecified atom stereocenters. The number of pyridine rings is 2. The molecule has 0 fully saturated rings. The van der Waals surface area contributed by atoms with Crippen LogP contribution >= 0.6 is 0 Å². The summed E-state index contributed by atoms with van der Waals surface area (Å²) in [6, 6.07) is 66.7. The lowest BCUT2D eigenvalue weighted by Gasteiger charge is -2.14. The molecule has 5 aromatic heterocycles. The minimum Gasteiger partial charge on any atom is -0.309 e. The van der Waals surface area contributed by atoms with Crippen LogP contribution in [-0.2, 0) is 0 Å². The van der Waals surface area contributed by atoms with Gasteiger partial charge in [-0.05, 0) is 116 Å². The van der Waals surface area contributed by atoms with Crippen molar-refractivity contribution in [3.8, 4) is 45.8 Å². The maximum absolute atomic E-state index is 5.04. The molecule has 13 aromatic rings. The lowest BCUT2D eigenvalue weighted by Crippen LogP contribution is -2.07. The largest absolute Gasteiger partial charge is 0.309 e. The molecule has 8 aromatic carbocycles. The highest BCUT2D eigenvalue weighted by molar-refractivity contribution is 6.25. The van der Waals surface area contributed by atoms with Crippen LogP contribution in [0.25, 0.3) is 122 Å². The van der Waals surface area contributed by atoms with Crippen molar-refractivity contribution >= 4 is 75.9 Å². The molecule has 0 radical (unpaired) electrons. The van der Waals surface area contributed by atoms with Gasteiger partial charge >= 0.3 is 0 Å². The molecule has 0 N–H and O–H groups in total. The molecule has 0 bridgehead atoms. The summed E-state index contributed by atoms with van der Waals surface area (Å²) >= 11 is 0. The van der Waals surface area contributed by atoms with Crippen molar-refractivity contribution in [3.63, 3.8) is 0 Å². The van der Waals surface area contributed by atoms with Gasteiger partial charge in [-0.2, -0.15) is 9.97 Å². The molecule has 0 amide bonds. The number of fused-ring (bicyclic) bond motifs is 12. The SMILES string of the molecule is c1ccc(-c2nc(-c3ccccn3)nc(-n3c4ccccc4c4cc(-c5ccc6c(c5)c5ccccc5n6-c5ccc6c7ccccc7c7ccccc7c6c5)ccc43)n2)nc1. The molecule has 0 saturated carbocycles. The summed E-state index contributed by atoms with van der Waals surface area (Å²) in [6.07, 6.45) is 3.51. The summed E-state index contributed by atoms with van der Waals surface area (Å²) in [5.74, 6) is 1.47. The maximum Gasteiger partial charge on any atom is 0.238 e. The highest BCUT2D eigenvalue weighted by Crippen LogP contribution is 2.40. The van der Waals surface area contributed by atoms with Crippen molar-refractivity contribution in [2.75, 3.05) is 0 Å². The van der Waals surface area contributed by atoms with Crippen molar-refractivity contribution in [3.05, 3.63) is 200 Å². The Labute approximate surface area is 354 Å². The van der Waals surface area contributed by atoms with E-state index in [1.807, 2.05) is 36.4 Å². The minimum absolute atomic E-state index is 0.483. The third-order valence-electron chi connectivity index (χ3n) is 12.3. The lowest BCUT2D eigenvalue weighted by molar-refractivity contribution is 0.943. The molecular weight excluding hydrogens is 759 g/mol. The Kier molecular flexibility index (Phi) is 7.47. The molecule has 5 heterocycles. The molecular formula is C55H33N7. The third kappa shape index (κ3) is 5.22. The van der Waals surface area contributed by atoms with Gasteiger partial charge in [0.25, 0.3) is 0 Å². The molecule has 0 saturated heterocycles. The first-order valence-corrected chi connectivity index (χ1v) is 20.7. The predicted octanol–water partition coefficient (Wildman–Crippen LogP) is 13.3. The van der Waals surface area contributed by atoms with Crippen LogP contribution in [0.5, 0.6) is 0 Å². The summed E-state index contributed by atoms with van der Waals surface area (Å²) in [7, 11) is 0. The van der Waals surface area contributed by atoms with Gasteiger partial charge in [0.1, 0.15) is 11.4 Å². The molecule has 7 heteroatoms. The van der Waals surface area contributed by atoms with Crippen molar-refractivity contribution in [1.29, 1.82) is 0 Å². The first-order valence-electron chi connectivity index (χ1n) is 20.7. The fourth-order valence-corrected chi connectivity index (χ4v) is 9.52. The zero-order chi connectivity index (χ0) is 40.7. The summed E-state index contributed by atoms with van der Waals surface area (Å²) < 4.78 is 4.54. The standard InChI is InChI=1S/C55H33N7/c1-2-15-39-37(13-1)38-14-3-4-16-40(38)44-33-36(25-26-41(39)44)61-49-21-7-5-17-42(49)45-31-34(23-27-51(45)61)35-24-28-52-46(32-35)43-18-6-8-22-50(43)62(52)55-59-53(47-19-9-11-29-56-47)58-54(60-55)48-20-10-12-30-57-48/h1-33H. The Morgan fingerprint density at radius 2 is 0.726 bits per heavy atom.